The molecule has 1 amide bonds. The molecule has 0 aromatic carbocycles. The molecule has 1 aromatic rings. The van der Waals surface area contributed by atoms with Crippen molar-refractivity contribution in [2.45, 2.75) is 13.3 Å². The maximum absolute atomic E-state index is 11.3. The van der Waals surface area contributed by atoms with E-state index in [1.54, 1.807) is 6.92 Å². The molecular weight excluding hydrogens is 188 g/mol. The summed E-state index contributed by atoms with van der Waals surface area (Å²) in [5.74, 6) is -1.32. The van der Waals surface area contributed by atoms with Gasteiger partial charge in [-0.25, -0.2) is 0 Å². The zero-order valence-corrected chi connectivity index (χ0v) is 7.61. The molecule has 0 saturated heterocycles. The number of nitrogens with one attached hydrogen (secondary N) is 1. The summed E-state index contributed by atoms with van der Waals surface area (Å²) in [6, 6.07) is 0. The van der Waals surface area contributed by atoms with Crippen molar-refractivity contribution < 1.29 is 19.2 Å². The Morgan fingerprint density at radius 2 is 2.36 bits per heavy atom. The van der Waals surface area contributed by atoms with Gasteiger partial charge in [0.25, 0.3) is 5.91 Å². The maximum Gasteiger partial charge on any atom is 0.305 e. The number of aliphatic carboxylic acids is 1. The van der Waals surface area contributed by atoms with E-state index in [4.69, 9.17) is 5.11 Å². The van der Waals surface area contributed by atoms with E-state index in [1.807, 2.05) is 0 Å². The van der Waals surface area contributed by atoms with Gasteiger partial charge in [-0.3, -0.25) is 9.59 Å². The highest BCUT2D eigenvalue weighted by Crippen LogP contribution is 2.03. The Hall–Kier alpha value is -1.85. The van der Waals surface area contributed by atoms with E-state index in [0.717, 1.165) is 0 Å². The number of carboxylic acids is 1. The smallest absolute Gasteiger partial charge is 0.305 e. The highest BCUT2D eigenvalue weighted by atomic mass is 16.5. The van der Waals surface area contributed by atoms with E-state index in [9.17, 15) is 9.59 Å². The molecule has 0 radical (unpaired) electrons. The highest BCUT2D eigenvalue weighted by molar-refractivity contribution is 5.94. The SMILES string of the molecule is Cc1nocc1C(=O)NCCC(=O)O. The second-order valence-corrected chi connectivity index (χ2v) is 2.71. The number of carboxylic acid groups (broad SMARTS) is 1. The number of rotatable bonds is 4. The summed E-state index contributed by atoms with van der Waals surface area (Å²) in [6.45, 7) is 1.73. The number of carbonyl (C=O) groups excluding carboxylic acids is 1. The summed E-state index contributed by atoms with van der Waals surface area (Å²) >= 11 is 0. The van der Waals surface area contributed by atoms with Gasteiger partial charge in [0.1, 0.15) is 11.8 Å². The third-order valence-electron chi connectivity index (χ3n) is 1.62. The molecule has 0 aliphatic carbocycles. The molecule has 0 saturated carbocycles. The minimum Gasteiger partial charge on any atom is -0.481 e. The summed E-state index contributed by atoms with van der Waals surface area (Å²) in [5.41, 5.74) is 0.813. The highest BCUT2D eigenvalue weighted by Gasteiger charge is 2.11. The molecule has 0 aliphatic rings. The first-order chi connectivity index (χ1) is 6.61. The lowest BCUT2D eigenvalue weighted by atomic mass is 10.2. The predicted octanol–water partition coefficient (Wildman–Crippen LogP) is 0.188. The Bertz CT molecular complexity index is 345. The minimum atomic E-state index is -0.952. The van der Waals surface area contributed by atoms with Gasteiger partial charge in [0.2, 0.25) is 0 Å². The minimum absolute atomic E-state index is 0.0960. The Morgan fingerprint density at radius 3 is 2.86 bits per heavy atom. The molecule has 0 aliphatic heterocycles. The lowest BCUT2D eigenvalue weighted by Crippen LogP contribution is -2.26. The van der Waals surface area contributed by atoms with Crippen molar-refractivity contribution in [1.29, 1.82) is 0 Å². The summed E-state index contributed by atoms with van der Waals surface area (Å²) in [5, 5.41) is 14.3. The summed E-state index contributed by atoms with van der Waals surface area (Å²) in [7, 11) is 0. The Morgan fingerprint density at radius 1 is 1.64 bits per heavy atom. The molecule has 2 N–H and O–H groups in total. The molecule has 14 heavy (non-hydrogen) atoms. The number of hydrogen-bond donors (Lipinski definition) is 2. The molecule has 0 unspecified atom stereocenters. The number of carbonyl (C=O) groups is 2. The van der Waals surface area contributed by atoms with Crippen molar-refractivity contribution in [3.8, 4) is 0 Å². The van der Waals surface area contributed by atoms with Crippen LogP contribution in [0.15, 0.2) is 10.8 Å². The average molecular weight is 198 g/mol. The van der Waals surface area contributed by atoms with Crippen LogP contribution < -0.4 is 5.32 Å². The van der Waals surface area contributed by atoms with E-state index in [0.29, 0.717) is 11.3 Å². The first-order valence-corrected chi connectivity index (χ1v) is 4.02. The molecule has 0 spiro atoms. The molecular formula is C8H10N2O4. The van der Waals surface area contributed by atoms with Crippen LogP contribution in [0.25, 0.3) is 0 Å². The molecule has 0 fully saturated rings. The fraction of sp³-hybridized carbons (Fsp3) is 0.375. The first-order valence-electron chi connectivity index (χ1n) is 4.02. The van der Waals surface area contributed by atoms with Gasteiger partial charge in [-0.05, 0) is 6.92 Å². The summed E-state index contributed by atoms with van der Waals surface area (Å²) < 4.78 is 4.57. The van der Waals surface area contributed by atoms with Crippen LogP contribution in [-0.4, -0.2) is 28.7 Å². The van der Waals surface area contributed by atoms with Crippen LogP contribution in [0.2, 0.25) is 0 Å². The lowest BCUT2D eigenvalue weighted by Gasteiger charge is -2.00. The van der Waals surface area contributed by atoms with E-state index in [2.05, 4.69) is 15.0 Å². The lowest BCUT2D eigenvalue weighted by molar-refractivity contribution is -0.136. The second-order valence-electron chi connectivity index (χ2n) is 2.71. The summed E-state index contributed by atoms with van der Waals surface area (Å²) in [6.07, 6.45) is 1.13. The van der Waals surface area contributed by atoms with E-state index in [1.165, 1.54) is 6.26 Å². The summed E-state index contributed by atoms with van der Waals surface area (Å²) in [4.78, 5) is 21.5. The molecule has 0 atom stereocenters. The van der Waals surface area contributed by atoms with Gasteiger partial charge in [0.15, 0.2) is 0 Å². The van der Waals surface area contributed by atoms with Gasteiger partial charge >= 0.3 is 5.97 Å². The third kappa shape index (κ3) is 2.58. The van der Waals surface area contributed by atoms with Crippen LogP contribution in [-0.2, 0) is 4.79 Å². The van der Waals surface area contributed by atoms with Crippen LogP contribution in [0.5, 0.6) is 0 Å². The Labute approximate surface area is 79.9 Å². The largest absolute Gasteiger partial charge is 0.481 e. The van der Waals surface area contributed by atoms with E-state index >= 15 is 0 Å². The van der Waals surface area contributed by atoms with Crippen molar-refractivity contribution in [3.63, 3.8) is 0 Å². The van der Waals surface area contributed by atoms with Crippen LogP contribution in [0.4, 0.5) is 0 Å². The topological polar surface area (TPSA) is 92.4 Å². The Balaban J connectivity index is 2.44. The maximum atomic E-state index is 11.3. The zero-order chi connectivity index (χ0) is 10.6. The average Bonchev–Trinajstić information content (AvgIpc) is 2.50. The standard InChI is InChI=1S/C8H10N2O4/c1-5-6(4-14-10-5)8(13)9-3-2-7(11)12/h4H,2-3H2,1H3,(H,9,13)(H,11,12). The first kappa shape index (κ1) is 10.2. The van der Waals surface area contributed by atoms with Gasteiger partial charge in [-0.2, -0.15) is 0 Å². The monoisotopic (exact) mass is 198 g/mol. The number of nitrogens with zero attached hydrogens (tertiary/aromatic N) is 1. The second kappa shape index (κ2) is 4.40. The predicted molar refractivity (Wildman–Crippen MR) is 45.8 cm³/mol. The third-order valence-corrected chi connectivity index (χ3v) is 1.62. The van der Waals surface area contributed by atoms with Crippen molar-refractivity contribution in [2.24, 2.45) is 0 Å². The quantitative estimate of drug-likeness (QED) is 0.720. The number of aryl methyl sites for hydroxylation is 1. The van der Waals surface area contributed by atoms with Crippen molar-refractivity contribution in [2.75, 3.05) is 6.54 Å². The van der Waals surface area contributed by atoms with Gasteiger partial charge in [0, 0.05) is 6.54 Å². The van der Waals surface area contributed by atoms with Crippen LogP contribution >= 0.6 is 0 Å². The van der Waals surface area contributed by atoms with E-state index in [-0.39, 0.29) is 18.9 Å². The van der Waals surface area contributed by atoms with Crippen molar-refractivity contribution in [1.82, 2.24) is 10.5 Å². The molecule has 1 heterocycles. The van der Waals surface area contributed by atoms with Crippen LogP contribution in [0.3, 0.4) is 0 Å². The molecule has 0 bridgehead atoms. The zero-order valence-electron chi connectivity index (χ0n) is 7.61. The fourth-order valence-corrected chi connectivity index (χ4v) is 0.889. The van der Waals surface area contributed by atoms with E-state index < -0.39 is 5.97 Å². The number of aromatic nitrogens is 1. The fourth-order valence-electron chi connectivity index (χ4n) is 0.889. The van der Waals surface area contributed by atoms with Crippen molar-refractivity contribution >= 4 is 11.9 Å². The number of amides is 1. The molecule has 1 aromatic heterocycles. The van der Waals surface area contributed by atoms with Gasteiger partial charge in [-0.15, -0.1) is 0 Å². The Kier molecular flexibility index (Phi) is 3.22. The van der Waals surface area contributed by atoms with Crippen LogP contribution in [0, 0.1) is 6.92 Å². The van der Waals surface area contributed by atoms with Crippen molar-refractivity contribution in [3.05, 3.63) is 17.5 Å². The molecule has 6 heteroatoms. The normalized spacial score (nSPS) is 9.79. The molecule has 1 rings (SSSR count). The van der Waals surface area contributed by atoms with Gasteiger partial charge in [0.05, 0.1) is 12.1 Å². The van der Waals surface area contributed by atoms with Gasteiger partial charge < -0.3 is 14.9 Å². The van der Waals surface area contributed by atoms with Gasteiger partial charge in [-0.1, -0.05) is 5.16 Å². The number of hydrogen-bond acceptors (Lipinski definition) is 4. The van der Waals surface area contributed by atoms with Crippen LogP contribution in [0.1, 0.15) is 22.5 Å². The molecule has 6 nitrogen and oxygen atoms in total. The molecule has 76 valence electrons.